The summed E-state index contributed by atoms with van der Waals surface area (Å²) >= 11 is 0. The average molecular weight is 335 g/mol. The van der Waals surface area contributed by atoms with Gasteiger partial charge in [-0.3, -0.25) is 9.59 Å². The van der Waals surface area contributed by atoms with Gasteiger partial charge >= 0.3 is 0 Å². The summed E-state index contributed by atoms with van der Waals surface area (Å²) in [6, 6.07) is 15.3. The van der Waals surface area contributed by atoms with Crippen LogP contribution in [0, 0.1) is 11.3 Å². The molecule has 126 valence electrons. The lowest BCUT2D eigenvalue weighted by Gasteiger charge is -2.07. The van der Waals surface area contributed by atoms with Gasteiger partial charge in [0, 0.05) is 35.9 Å². The lowest BCUT2D eigenvalue weighted by Crippen LogP contribution is -2.14. The van der Waals surface area contributed by atoms with Crippen LogP contribution >= 0.6 is 0 Å². The van der Waals surface area contributed by atoms with Gasteiger partial charge in [-0.05, 0) is 48.5 Å². The van der Waals surface area contributed by atoms with Crippen molar-refractivity contribution in [2.24, 2.45) is 0 Å². The largest absolute Gasteiger partial charge is 0.399 e. The maximum Gasteiger partial charge on any atom is 0.267 e. The number of nitrogens with one attached hydrogen (secondary N) is 3. The lowest BCUT2D eigenvalue weighted by molar-refractivity contribution is -0.114. The first-order valence-corrected chi connectivity index (χ1v) is 7.39. The minimum absolute atomic E-state index is 0.0808. The lowest BCUT2D eigenvalue weighted by atomic mass is 10.2. The summed E-state index contributed by atoms with van der Waals surface area (Å²) in [5, 5.41) is 17.3. The summed E-state index contributed by atoms with van der Waals surface area (Å²) in [6.07, 6.45) is 1.33. The summed E-state index contributed by atoms with van der Waals surface area (Å²) in [5.74, 6) is -0.724. The third-order valence-electron chi connectivity index (χ3n) is 3.12. The molecule has 0 heterocycles. The van der Waals surface area contributed by atoms with Crippen LogP contribution in [0.25, 0.3) is 0 Å². The van der Waals surface area contributed by atoms with Crippen molar-refractivity contribution in [2.75, 3.05) is 21.7 Å². The molecule has 0 saturated heterocycles. The van der Waals surface area contributed by atoms with Gasteiger partial charge in [-0.1, -0.05) is 0 Å². The van der Waals surface area contributed by atoms with E-state index in [1.54, 1.807) is 48.5 Å². The fraction of sp³-hybridized carbons (Fsp3) is 0.0556. The zero-order chi connectivity index (χ0) is 18.2. The summed E-state index contributed by atoms with van der Waals surface area (Å²) in [4.78, 5) is 23.1. The monoisotopic (exact) mass is 335 g/mol. The van der Waals surface area contributed by atoms with Crippen LogP contribution in [0.4, 0.5) is 22.7 Å². The molecule has 0 aliphatic heterocycles. The van der Waals surface area contributed by atoms with E-state index in [2.05, 4.69) is 16.0 Å². The van der Waals surface area contributed by atoms with E-state index < -0.39 is 5.91 Å². The second kappa shape index (κ2) is 8.17. The average Bonchev–Trinajstić information content (AvgIpc) is 2.58. The molecular weight excluding hydrogens is 318 g/mol. The molecule has 0 aliphatic carbocycles. The number of nitrogens with two attached hydrogens (primary N) is 1. The molecule has 7 heteroatoms. The molecule has 0 aromatic heterocycles. The third kappa shape index (κ3) is 5.41. The number of carbonyl (C=O) groups is 2. The first-order valence-electron chi connectivity index (χ1n) is 7.39. The van der Waals surface area contributed by atoms with Gasteiger partial charge in [0.1, 0.15) is 11.6 Å². The molecule has 2 aromatic carbocycles. The van der Waals surface area contributed by atoms with Gasteiger partial charge in [0.2, 0.25) is 5.91 Å². The van der Waals surface area contributed by atoms with E-state index in [-0.39, 0.29) is 11.5 Å². The van der Waals surface area contributed by atoms with E-state index >= 15 is 0 Å². The molecule has 0 unspecified atom stereocenters. The highest BCUT2D eigenvalue weighted by atomic mass is 16.2. The maximum atomic E-state index is 12.2. The molecule has 0 fully saturated rings. The van der Waals surface area contributed by atoms with E-state index in [9.17, 15) is 9.59 Å². The Morgan fingerprint density at radius 1 is 0.960 bits per heavy atom. The van der Waals surface area contributed by atoms with Crippen molar-refractivity contribution >= 4 is 34.6 Å². The topological polar surface area (TPSA) is 120 Å². The van der Waals surface area contributed by atoms with Crippen LogP contribution < -0.4 is 21.7 Å². The Kier molecular flexibility index (Phi) is 5.74. The van der Waals surface area contributed by atoms with E-state index in [4.69, 9.17) is 11.0 Å². The summed E-state index contributed by atoms with van der Waals surface area (Å²) in [6.45, 7) is 1.41. The third-order valence-corrected chi connectivity index (χ3v) is 3.12. The van der Waals surface area contributed by atoms with Crippen LogP contribution in [0.15, 0.2) is 60.3 Å². The number of nitriles is 1. The van der Waals surface area contributed by atoms with Crippen molar-refractivity contribution in [2.45, 2.75) is 6.92 Å². The Hall–Kier alpha value is -3.79. The van der Waals surface area contributed by atoms with Gasteiger partial charge < -0.3 is 21.7 Å². The molecule has 5 N–H and O–H groups in total. The van der Waals surface area contributed by atoms with Crippen molar-refractivity contribution in [1.29, 1.82) is 5.26 Å². The van der Waals surface area contributed by atoms with Crippen LogP contribution in [0.2, 0.25) is 0 Å². The molecule has 0 saturated carbocycles. The van der Waals surface area contributed by atoms with Crippen molar-refractivity contribution < 1.29 is 9.59 Å². The second-order valence-corrected chi connectivity index (χ2v) is 5.15. The molecule has 2 amide bonds. The zero-order valence-electron chi connectivity index (χ0n) is 13.5. The van der Waals surface area contributed by atoms with E-state index in [0.29, 0.717) is 22.7 Å². The first-order chi connectivity index (χ1) is 12.0. The second-order valence-electron chi connectivity index (χ2n) is 5.15. The van der Waals surface area contributed by atoms with Crippen molar-refractivity contribution in [3.63, 3.8) is 0 Å². The molecule has 2 aromatic rings. The summed E-state index contributed by atoms with van der Waals surface area (Å²) in [7, 11) is 0. The normalized spacial score (nSPS) is 10.5. The van der Waals surface area contributed by atoms with E-state index in [0.717, 1.165) is 0 Å². The first kappa shape index (κ1) is 17.6. The molecule has 2 rings (SSSR count). The fourth-order valence-corrected chi connectivity index (χ4v) is 1.92. The Morgan fingerprint density at radius 3 is 2.00 bits per heavy atom. The molecule has 0 bridgehead atoms. The highest BCUT2D eigenvalue weighted by Crippen LogP contribution is 2.15. The Labute approximate surface area is 145 Å². The van der Waals surface area contributed by atoms with E-state index in [1.807, 2.05) is 6.07 Å². The number of rotatable bonds is 5. The fourth-order valence-electron chi connectivity index (χ4n) is 1.92. The molecular formula is C18H17N5O2. The number of carbonyl (C=O) groups excluding carboxylic acids is 2. The van der Waals surface area contributed by atoms with Gasteiger partial charge in [-0.25, -0.2) is 0 Å². The van der Waals surface area contributed by atoms with Crippen LogP contribution in [-0.4, -0.2) is 11.8 Å². The van der Waals surface area contributed by atoms with Gasteiger partial charge in [-0.15, -0.1) is 0 Å². The molecule has 0 atom stereocenters. The Morgan fingerprint density at radius 2 is 1.48 bits per heavy atom. The van der Waals surface area contributed by atoms with Crippen molar-refractivity contribution in [3.05, 3.63) is 60.3 Å². The number of benzene rings is 2. The molecule has 0 spiro atoms. The molecule has 0 radical (unpaired) electrons. The van der Waals surface area contributed by atoms with E-state index in [1.165, 1.54) is 13.1 Å². The zero-order valence-corrected chi connectivity index (χ0v) is 13.5. The number of hydrogen-bond donors (Lipinski definition) is 4. The summed E-state index contributed by atoms with van der Waals surface area (Å²) < 4.78 is 0. The van der Waals surface area contributed by atoms with Crippen molar-refractivity contribution in [1.82, 2.24) is 0 Å². The summed E-state index contributed by atoms with van der Waals surface area (Å²) in [5.41, 5.74) is 7.96. The van der Waals surface area contributed by atoms with Gasteiger partial charge in [0.15, 0.2) is 0 Å². The highest BCUT2D eigenvalue weighted by Gasteiger charge is 2.09. The van der Waals surface area contributed by atoms with Crippen molar-refractivity contribution in [3.8, 4) is 6.07 Å². The highest BCUT2D eigenvalue weighted by molar-refractivity contribution is 6.06. The minimum atomic E-state index is -0.544. The molecule has 7 nitrogen and oxygen atoms in total. The van der Waals surface area contributed by atoms with Gasteiger partial charge in [-0.2, -0.15) is 5.26 Å². The number of nitrogens with zero attached hydrogens (tertiary/aromatic N) is 1. The SMILES string of the molecule is CC(=O)Nc1ccc(NC(=O)/C(C#N)=C\Nc2ccc(N)cc2)cc1. The van der Waals surface area contributed by atoms with Gasteiger partial charge in [0.05, 0.1) is 0 Å². The van der Waals surface area contributed by atoms with Gasteiger partial charge in [0.25, 0.3) is 5.91 Å². The number of nitrogen functional groups attached to an aromatic ring is 1. The predicted octanol–water partition coefficient (Wildman–Crippen LogP) is 2.69. The smallest absolute Gasteiger partial charge is 0.267 e. The van der Waals surface area contributed by atoms with Crippen LogP contribution in [0.1, 0.15) is 6.92 Å². The number of amides is 2. The van der Waals surface area contributed by atoms with Crippen LogP contribution in [0.3, 0.4) is 0 Å². The molecule has 25 heavy (non-hydrogen) atoms. The number of hydrogen-bond acceptors (Lipinski definition) is 5. The van der Waals surface area contributed by atoms with Crippen LogP contribution in [-0.2, 0) is 9.59 Å². The van der Waals surface area contributed by atoms with Crippen LogP contribution in [0.5, 0.6) is 0 Å². The standard InChI is InChI=1S/C18H17N5O2/c1-12(24)22-16-6-8-17(9-7-16)23-18(25)13(10-19)11-21-15-4-2-14(20)3-5-15/h2-9,11,21H,20H2,1H3,(H,22,24)(H,23,25)/b13-11-. The quantitative estimate of drug-likeness (QED) is 0.380. The number of anilines is 4. The maximum absolute atomic E-state index is 12.2. The predicted molar refractivity (Wildman–Crippen MR) is 97.5 cm³/mol. The Balaban J connectivity index is 2.01. The Bertz CT molecular complexity index is 833. The molecule has 0 aliphatic rings. The minimum Gasteiger partial charge on any atom is -0.399 e.